The third kappa shape index (κ3) is 2.18. The van der Waals surface area contributed by atoms with E-state index in [-0.39, 0.29) is 5.88 Å². The molecule has 0 spiro atoms. The Balaban J connectivity index is 2.25. The molecule has 15 heavy (non-hydrogen) atoms. The zero-order valence-electron chi connectivity index (χ0n) is 8.94. The second-order valence-corrected chi connectivity index (χ2v) is 3.79. The molecule has 0 radical (unpaired) electrons. The molecule has 3 nitrogen and oxygen atoms in total. The number of nitrogens with zero attached hydrogens (tertiary/aromatic N) is 2. The fraction of sp³-hybridized carbons (Fsp3) is 0.250. The van der Waals surface area contributed by atoms with Gasteiger partial charge in [0, 0.05) is 13.5 Å². The van der Waals surface area contributed by atoms with Gasteiger partial charge in [-0.1, -0.05) is 29.8 Å². The van der Waals surface area contributed by atoms with Gasteiger partial charge in [0.15, 0.2) is 0 Å². The second-order valence-electron chi connectivity index (χ2n) is 3.79. The minimum absolute atomic E-state index is 0.0835. The molecule has 0 amide bonds. The van der Waals surface area contributed by atoms with Crippen molar-refractivity contribution < 1.29 is 5.11 Å². The van der Waals surface area contributed by atoms with E-state index in [0.29, 0.717) is 0 Å². The molecule has 0 atom stereocenters. The maximum absolute atomic E-state index is 9.23. The van der Waals surface area contributed by atoms with E-state index < -0.39 is 0 Å². The van der Waals surface area contributed by atoms with Gasteiger partial charge >= 0.3 is 0 Å². The Morgan fingerprint density at radius 3 is 2.80 bits per heavy atom. The van der Waals surface area contributed by atoms with Crippen molar-refractivity contribution in [3.8, 4) is 5.88 Å². The van der Waals surface area contributed by atoms with Crippen LogP contribution in [-0.4, -0.2) is 14.7 Å². The maximum Gasteiger partial charge on any atom is 0.229 e. The molecule has 1 aromatic heterocycles. The summed E-state index contributed by atoms with van der Waals surface area (Å²) in [6.07, 6.45) is 2.36. The lowest BCUT2D eigenvalue weighted by atomic mass is 10.1. The Hall–Kier alpha value is -1.77. The highest BCUT2D eigenvalue weighted by atomic mass is 16.3. The molecule has 0 aliphatic rings. The molecule has 0 fully saturated rings. The topological polar surface area (TPSA) is 38.1 Å². The van der Waals surface area contributed by atoms with Gasteiger partial charge in [0.05, 0.1) is 6.20 Å². The molecule has 1 aromatic carbocycles. The fourth-order valence-electron chi connectivity index (χ4n) is 1.66. The van der Waals surface area contributed by atoms with Crippen molar-refractivity contribution in [2.45, 2.75) is 13.3 Å². The van der Waals surface area contributed by atoms with Crippen LogP contribution < -0.4 is 0 Å². The van der Waals surface area contributed by atoms with Crippen LogP contribution in [0.5, 0.6) is 5.88 Å². The van der Waals surface area contributed by atoms with Gasteiger partial charge < -0.3 is 9.67 Å². The van der Waals surface area contributed by atoms with E-state index in [1.165, 1.54) is 11.1 Å². The smallest absolute Gasteiger partial charge is 0.229 e. The second kappa shape index (κ2) is 3.77. The quantitative estimate of drug-likeness (QED) is 0.809. The summed E-state index contributed by atoms with van der Waals surface area (Å²) in [5.41, 5.74) is 2.45. The number of aromatic hydroxyl groups is 1. The van der Waals surface area contributed by atoms with Crippen LogP contribution in [-0.2, 0) is 13.5 Å². The van der Waals surface area contributed by atoms with Crippen LogP contribution in [0.4, 0.5) is 0 Å². The van der Waals surface area contributed by atoms with Crippen molar-refractivity contribution in [2.75, 3.05) is 0 Å². The summed E-state index contributed by atoms with van der Waals surface area (Å²) < 4.78 is 1.84. The molecule has 0 aliphatic heterocycles. The van der Waals surface area contributed by atoms with Crippen LogP contribution in [0.1, 0.15) is 17.0 Å². The van der Waals surface area contributed by atoms with Gasteiger partial charge in [-0.05, 0) is 12.5 Å². The highest BCUT2D eigenvalue weighted by Gasteiger charge is 2.04. The Morgan fingerprint density at radius 2 is 2.20 bits per heavy atom. The predicted octanol–water partition coefficient (Wildman–Crippen LogP) is 2.02. The van der Waals surface area contributed by atoms with E-state index in [0.717, 1.165) is 12.2 Å². The highest BCUT2D eigenvalue weighted by Crippen LogP contribution is 2.13. The van der Waals surface area contributed by atoms with Crippen LogP contribution in [0, 0.1) is 6.92 Å². The first-order valence-electron chi connectivity index (χ1n) is 4.92. The van der Waals surface area contributed by atoms with Crippen LogP contribution in [0.25, 0.3) is 0 Å². The SMILES string of the molecule is Cc1cccc(Cc2nc(O)cn2C)c1. The number of hydrogen-bond donors (Lipinski definition) is 1. The lowest BCUT2D eigenvalue weighted by Gasteiger charge is -2.02. The van der Waals surface area contributed by atoms with Gasteiger partial charge in [-0.3, -0.25) is 0 Å². The van der Waals surface area contributed by atoms with E-state index in [1.807, 2.05) is 17.7 Å². The Morgan fingerprint density at radius 1 is 1.40 bits per heavy atom. The molecule has 1 heterocycles. The molecular weight excluding hydrogens is 188 g/mol. The molecule has 0 aliphatic carbocycles. The van der Waals surface area contributed by atoms with E-state index in [4.69, 9.17) is 0 Å². The van der Waals surface area contributed by atoms with E-state index in [2.05, 4.69) is 30.1 Å². The van der Waals surface area contributed by atoms with E-state index >= 15 is 0 Å². The summed E-state index contributed by atoms with van der Waals surface area (Å²) >= 11 is 0. The normalized spacial score (nSPS) is 10.5. The first kappa shape index (κ1) is 9.77. The van der Waals surface area contributed by atoms with Crippen molar-refractivity contribution in [2.24, 2.45) is 7.05 Å². The van der Waals surface area contributed by atoms with Crippen molar-refractivity contribution in [1.29, 1.82) is 0 Å². The maximum atomic E-state index is 9.23. The zero-order chi connectivity index (χ0) is 10.8. The van der Waals surface area contributed by atoms with Crippen molar-refractivity contribution in [3.63, 3.8) is 0 Å². The Bertz CT molecular complexity index is 474. The lowest BCUT2D eigenvalue weighted by molar-refractivity contribution is 0.455. The summed E-state index contributed by atoms with van der Waals surface area (Å²) in [4.78, 5) is 4.05. The molecular formula is C12H14N2O. The minimum atomic E-state index is 0.0835. The van der Waals surface area contributed by atoms with Crippen LogP contribution in [0.3, 0.4) is 0 Å². The lowest BCUT2D eigenvalue weighted by Crippen LogP contribution is -1.98. The van der Waals surface area contributed by atoms with Crippen LogP contribution >= 0.6 is 0 Å². The molecule has 0 saturated heterocycles. The third-order valence-electron chi connectivity index (χ3n) is 2.40. The number of benzene rings is 1. The van der Waals surface area contributed by atoms with Gasteiger partial charge in [0.2, 0.25) is 5.88 Å². The fourth-order valence-corrected chi connectivity index (χ4v) is 1.66. The van der Waals surface area contributed by atoms with E-state index in [1.54, 1.807) is 6.20 Å². The van der Waals surface area contributed by atoms with Crippen LogP contribution in [0.2, 0.25) is 0 Å². The minimum Gasteiger partial charge on any atom is -0.492 e. The van der Waals surface area contributed by atoms with Crippen LogP contribution in [0.15, 0.2) is 30.5 Å². The van der Waals surface area contributed by atoms with Crippen molar-refractivity contribution in [3.05, 3.63) is 47.4 Å². The first-order valence-corrected chi connectivity index (χ1v) is 4.92. The molecule has 0 bridgehead atoms. The van der Waals surface area contributed by atoms with Gasteiger partial charge in [0.25, 0.3) is 0 Å². The van der Waals surface area contributed by atoms with Crippen molar-refractivity contribution in [1.82, 2.24) is 9.55 Å². The third-order valence-corrected chi connectivity index (χ3v) is 2.40. The van der Waals surface area contributed by atoms with Gasteiger partial charge in [-0.2, -0.15) is 4.98 Å². The average molecular weight is 202 g/mol. The first-order chi connectivity index (χ1) is 7.15. The van der Waals surface area contributed by atoms with Gasteiger partial charge in [-0.25, -0.2) is 0 Å². The summed E-state index contributed by atoms with van der Waals surface area (Å²) in [7, 11) is 1.89. The number of aromatic nitrogens is 2. The molecule has 0 unspecified atom stereocenters. The largest absolute Gasteiger partial charge is 0.492 e. The van der Waals surface area contributed by atoms with Gasteiger partial charge in [-0.15, -0.1) is 0 Å². The average Bonchev–Trinajstić information content (AvgIpc) is 2.45. The van der Waals surface area contributed by atoms with E-state index in [9.17, 15) is 5.11 Å². The number of aryl methyl sites for hydroxylation is 2. The molecule has 0 saturated carbocycles. The standard InChI is InChI=1S/C12H14N2O/c1-9-4-3-5-10(6-9)7-11-13-12(15)8-14(11)2/h3-6,8,15H,7H2,1-2H3. The molecule has 2 rings (SSSR count). The summed E-state index contributed by atoms with van der Waals surface area (Å²) in [6.45, 7) is 2.07. The molecule has 2 aromatic rings. The molecule has 78 valence electrons. The predicted molar refractivity (Wildman–Crippen MR) is 58.9 cm³/mol. The Kier molecular flexibility index (Phi) is 2.46. The number of hydrogen-bond acceptors (Lipinski definition) is 2. The molecule has 1 N–H and O–H groups in total. The van der Waals surface area contributed by atoms with Crippen molar-refractivity contribution >= 4 is 0 Å². The number of rotatable bonds is 2. The summed E-state index contributed by atoms with van der Waals surface area (Å²) in [5, 5.41) is 9.23. The zero-order valence-corrected chi connectivity index (χ0v) is 8.94. The molecule has 3 heteroatoms. The highest BCUT2D eigenvalue weighted by molar-refractivity contribution is 5.25. The monoisotopic (exact) mass is 202 g/mol. The Labute approximate surface area is 89.0 Å². The summed E-state index contributed by atoms with van der Waals surface area (Å²) in [5.74, 6) is 0.957. The van der Waals surface area contributed by atoms with Gasteiger partial charge in [0.1, 0.15) is 5.82 Å². The number of imidazole rings is 1. The summed E-state index contributed by atoms with van der Waals surface area (Å²) in [6, 6.07) is 8.30.